The first kappa shape index (κ1) is 22.1. The predicted octanol–water partition coefficient (Wildman–Crippen LogP) is 2.44. The van der Waals surface area contributed by atoms with E-state index in [4.69, 9.17) is 15.2 Å². The lowest BCUT2D eigenvalue weighted by molar-refractivity contribution is -0.162. The second kappa shape index (κ2) is 9.06. The van der Waals surface area contributed by atoms with E-state index >= 15 is 0 Å². The number of nitrogens with one attached hydrogen (secondary N) is 1. The van der Waals surface area contributed by atoms with Gasteiger partial charge in [-0.15, -0.1) is 0 Å². The van der Waals surface area contributed by atoms with Crippen LogP contribution in [0.1, 0.15) is 65.2 Å². The molecule has 164 valence electrons. The molecular formula is C22H36N2O5. The van der Waals surface area contributed by atoms with Gasteiger partial charge in [-0.3, -0.25) is 0 Å². The summed E-state index contributed by atoms with van der Waals surface area (Å²) in [5.74, 6) is -0.373. The Morgan fingerprint density at radius 2 is 2.14 bits per heavy atom. The largest absolute Gasteiger partial charge is 0.491 e. The topological polar surface area (TPSA) is 114 Å². The number of aliphatic carboxylic acids is 1. The maximum Gasteiger partial charge on any atom is 0.337 e. The van der Waals surface area contributed by atoms with Gasteiger partial charge in [0, 0.05) is 25.3 Å². The number of allylic oxidation sites excluding steroid dienone is 1. The highest BCUT2D eigenvalue weighted by atomic mass is 16.5. The third-order valence-corrected chi connectivity index (χ3v) is 6.50. The molecule has 0 bridgehead atoms. The van der Waals surface area contributed by atoms with Gasteiger partial charge in [0.25, 0.3) is 0 Å². The van der Waals surface area contributed by atoms with Crippen molar-refractivity contribution in [2.75, 3.05) is 6.61 Å². The van der Waals surface area contributed by atoms with Crippen LogP contribution in [0.4, 0.5) is 0 Å². The molecule has 2 heterocycles. The molecule has 0 amide bonds. The molecule has 3 aliphatic rings. The number of hydrogen-bond acceptors (Lipinski definition) is 6. The summed E-state index contributed by atoms with van der Waals surface area (Å²) >= 11 is 0. The highest BCUT2D eigenvalue weighted by molar-refractivity contribution is 5.78. The molecule has 1 saturated heterocycles. The molecule has 29 heavy (non-hydrogen) atoms. The van der Waals surface area contributed by atoms with Gasteiger partial charge in [-0.2, -0.15) is 0 Å². The van der Waals surface area contributed by atoms with Crippen LogP contribution in [0.15, 0.2) is 24.1 Å². The van der Waals surface area contributed by atoms with Gasteiger partial charge >= 0.3 is 5.97 Å². The maximum atomic E-state index is 11.8. The maximum absolute atomic E-state index is 11.8. The summed E-state index contributed by atoms with van der Waals surface area (Å²) in [4.78, 5) is 11.8. The molecule has 0 aromatic rings. The van der Waals surface area contributed by atoms with Crippen molar-refractivity contribution in [1.82, 2.24) is 5.32 Å². The van der Waals surface area contributed by atoms with Crippen LogP contribution in [0.25, 0.3) is 0 Å². The quantitative estimate of drug-likeness (QED) is 0.488. The van der Waals surface area contributed by atoms with Crippen LogP contribution < -0.4 is 11.1 Å². The Kier molecular flexibility index (Phi) is 6.91. The van der Waals surface area contributed by atoms with E-state index in [-0.39, 0.29) is 30.1 Å². The van der Waals surface area contributed by atoms with Crippen LogP contribution in [0.2, 0.25) is 0 Å². The molecule has 1 spiro atoms. The SMILES string of the molecule is CC(C)C[C@H](N)[C@](O)(CC1C=C(OC2CCC3(CCCO3)CC2)C=CN1)C(=O)O. The van der Waals surface area contributed by atoms with Crippen molar-refractivity contribution in [3.63, 3.8) is 0 Å². The van der Waals surface area contributed by atoms with Gasteiger partial charge in [-0.05, 0) is 63.0 Å². The number of carboxylic acid groups (broad SMARTS) is 1. The van der Waals surface area contributed by atoms with E-state index in [1.165, 1.54) is 0 Å². The van der Waals surface area contributed by atoms with Gasteiger partial charge in [-0.1, -0.05) is 13.8 Å². The zero-order valence-corrected chi connectivity index (χ0v) is 17.6. The van der Waals surface area contributed by atoms with E-state index in [9.17, 15) is 15.0 Å². The summed E-state index contributed by atoms with van der Waals surface area (Å²) in [5, 5.41) is 23.6. The van der Waals surface area contributed by atoms with Crippen molar-refractivity contribution in [3.05, 3.63) is 24.1 Å². The first-order valence-electron chi connectivity index (χ1n) is 10.9. The van der Waals surface area contributed by atoms with Crippen LogP contribution in [0, 0.1) is 5.92 Å². The Hall–Kier alpha value is -1.57. The fourth-order valence-electron chi connectivity index (χ4n) is 4.76. The van der Waals surface area contributed by atoms with Gasteiger partial charge in [0.15, 0.2) is 5.60 Å². The summed E-state index contributed by atoms with van der Waals surface area (Å²) in [7, 11) is 0. The van der Waals surface area contributed by atoms with Crippen molar-refractivity contribution in [1.29, 1.82) is 0 Å². The molecule has 0 aromatic heterocycles. The number of dihydropyridines is 1. The Morgan fingerprint density at radius 1 is 1.41 bits per heavy atom. The van der Waals surface area contributed by atoms with Crippen molar-refractivity contribution in [2.24, 2.45) is 11.7 Å². The van der Waals surface area contributed by atoms with Crippen molar-refractivity contribution in [2.45, 2.75) is 94.6 Å². The number of carboxylic acids is 1. The Morgan fingerprint density at radius 3 is 2.72 bits per heavy atom. The third-order valence-electron chi connectivity index (χ3n) is 6.50. The predicted molar refractivity (Wildman–Crippen MR) is 110 cm³/mol. The smallest absolute Gasteiger partial charge is 0.337 e. The highest BCUT2D eigenvalue weighted by Crippen LogP contribution is 2.40. The zero-order valence-electron chi connectivity index (χ0n) is 17.6. The number of hydrogen-bond donors (Lipinski definition) is 4. The minimum absolute atomic E-state index is 0.0188. The molecule has 5 N–H and O–H groups in total. The second-order valence-corrected chi connectivity index (χ2v) is 9.30. The van der Waals surface area contributed by atoms with E-state index in [2.05, 4.69) is 5.32 Å². The monoisotopic (exact) mass is 408 g/mol. The molecule has 1 unspecified atom stereocenters. The Balaban J connectivity index is 1.58. The number of ether oxygens (including phenoxy) is 2. The van der Waals surface area contributed by atoms with Crippen LogP contribution in [0.5, 0.6) is 0 Å². The van der Waals surface area contributed by atoms with Crippen molar-refractivity contribution in [3.8, 4) is 0 Å². The van der Waals surface area contributed by atoms with Crippen LogP contribution >= 0.6 is 0 Å². The first-order chi connectivity index (χ1) is 13.7. The summed E-state index contributed by atoms with van der Waals surface area (Å²) < 4.78 is 12.2. The highest BCUT2D eigenvalue weighted by Gasteiger charge is 2.44. The Labute approximate surface area is 173 Å². The molecule has 2 fully saturated rings. The fourth-order valence-corrected chi connectivity index (χ4v) is 4.76. The van der Waals surface area contributed by atoms with E-state index in [1.807, 2.05) is 26.0 Å². The molecule has 0 radical (unpaired) electrons. The van der Waals surface area contributed by atoms with Gasteiger partial charge in [0.1, 0.15) is 5.76 Å². The normalized spacial score (nSPS) is 32.5. The molecule has 2 aliphatic heterocycles. The van der Waals surface area contributed by atoms with Crippen LogP contribution in [-0.2, 0) is 14.3 Å². The van der Waals surface area contributed by atoms with Gasteiger partial charge < -0.3 is 30.7 Å². The molecule has 3 rings (SSSR count). The van der Waals surface area contributed by atoms with E-state index in [0.29, 0.717) is 12.2 Å². The average molecular weight is 409 g/mol. The fraction of sp³-hybridized carbons (Fsp3) is 0.773. The number of rotatable bonds is 8. The molecule has 1 saturated carbocycles. The van der Waals surface area contributed by atoms with Gasteiger partial charge in [0.05, 0.1) is 17.7 Å². The van der Waals surface area contributed by atoms with Crippen molar-refractivity contribution >= 4 is 5.97 Å². The molecule has 7 nitrogen and oxygen atoms in total. The minimum atomic E-state index is -1.99. The van der Waals surface area contributed by atoms with Gasteiger partial charge in [0.2, 0.25) is 0 Å². The lowest BCUT2D eigenvalue weighted by atomic mass is 9.81. The lowest BCUT2D eigenvalue weighted by Crippen LogP contribution is -2.57. The average Bonchev–Trinajstić information content (AvgIpc) is 3.11. The molecule has 0 aromatic carbocycles. The molecule has 3 atom stereocenters. The number of carbonyl (C=O) groups is 1. The van der Waals surface area contributed by atoms with Crippen LogP contribution in [0.3, 0.4) is 0 Å². The van der Waals surface area contributed by atoms with Crippen molar-refractivity contribution < 1.29 is 24.5 Å². The molecular weight excluding hydrogens is 372 g/mol. The van der Waals surface area contributed by atoms with Crippen LogP contribution in [-0.4, -0.2) is 52.2 Å². The first-order valence-corrected chi connectivity index (χ1v) is 10.9. The Bertz CT molecular complexity index is 631. The summed E-state index contributed by atoms with van der Waals surface area (Å²) in [5.41, 5.74) is 4.15. The lowest BCUT2D eigenvalue weighted by Gasteiger charge is -2.37. The number of nitrogens with two attached hydrogens (primary N) is 1. The van der Waals surface area contributed by atoms with Gasteiger partial charge in [-0.25, -0.2) is 4.79 Å². The summed E-state index contributed by atoms with van der Waals surface area (Å²) in [6.07, 6.45) is 12.3. The van der Waals surface area contributed by atoms with E-state index in [0.717, 1.165) is 45.1 Å². The molecule has 1 aliphatic carbocycles. The minimum Gasteiger partial charge on any atom is -0.491 e. The van der Waals surface area contributed by atoms with E-state index in [1.54, 1.807) is 6.20 Å². The zero-order chi connectivity index (χ0) is 21.1. The second-order valence-electron chi connectivity index (χ2n) is 9.30. The van der Waals surface area contributed by atoms with E-state index < -0.39 is 17.6 Å². The number of aliphatic hydroxyl groups is 1. The summed E-state index contributed by atoms with van der Waals surface area (Å²) in [6.45, 7) is 4.79. The molecule has 7 heteroatoms. The third kappa shape index (κ3) is 5.32. The standard InChI is InChI=1S/C22H36N2O5/c1-15(2)12-19(23)22(27,20(25)26)14-16-13-18(6-10-24-16)29-17-4-8-21(9-5-17)7-3-11-28-21/h6,10,13,15-17,19,24,27H,3-5,7-9,11-12,14,23H2,1-2H3,(H,25,26)/t16?,17?,19-,21?,22+/m0/s1. The summed E-state index contributed by atoms with van der Waals surface area (Å²) in [6, 6.07) is -1.20.